The van der Waals surface area contributed by atoms with Crippen LogP contribution >= 0.6 is 0 Å². The van der Waals surface area contributed by atoms with E-state index in [9.17, 15) is 4.79 Å². The van der Waals surface area contributed by atoms with Gasteiger partial charge in [-0.25, -0.2) is 9.97 Å². The van der Waals surface area contributed by atoms with Gasteiger partial charge in [-0.2, -0.15) is 0 Å². The van der Waals surface area contributed by atoms with E-state index >= 15 is 0 Å². The maximum atomic E-state index is 11.9. The molecule has 3 heterocycles. The van der Waals surface area contributed by atoms with E-state index in [2.05, 4.69) is 32.9 Å². The first-order valence-electron chi connectivity index (χ1n) is 10.2. The number of nitrogens with zero attached hydrogens (tertiary/aromatic N) is 3. The van der Waals surface area contributed by atoms with Crippen LogP contribution < -0.4 is 16.4 Å². The second kappa shape index (κ2) is 8.62. The lowest BCUT2D eigenvalue weighted by atomic mass is 9.86. The number of hydrogen-bond donors (Lipinski definition) is 3. The fourth-order valence-corrected chi connectivity index (χ4v) is 3.79. The highest BCUT2D eigenvalue weighted by Gasteiger charge is 2.29. The van der Waals surface area contributed by atoms with Gasteiger partial charge >= 0.3 is 0 Å². The molecule has 156 valence electrons. The predicted octanol–water partition coefficient (Wildman–Crippen LogP) is 2.73. The van der Waals surface area contributed by atoms with Crippen molar-refractivity contribution in [1.29, 1.82) is 0 Å². The minimum atomic E-state index is -0.00526. The lowest BCUT2D eigenvalue weighted by molar-refractivity contribution is -0.127. The van der Waals surface area contributed by atoms with Crippen molar-refractivity contribution in [2.24, 2.45) is 5.92 Å². The average Bonchev–Trinajstić information content (AvgIpc) is 3.25. The number of anilines is 1. The van der Waals surface area contributed by atoms with E-state index in [4.69, 9.17) is 15.2 Å². The summed E-state index contributed by atoms with van der Waals surface area (Å²) in [6.45, 7) is 3.38. The molecule has 2 unspecified atom stereocenters. The molecule has 1 aliphatic rings. The van der Waals surface area contributed by atoms with E-state index in [1.165, 1.54) is 5.56 Å². The van der Waals surface area contributed by atoms with Gasteiger partial charge in [0.05, 0.1) is 11.9 Å². The standard InChI is InChI=1S/C22H26N6O2/c1-3-14-8-16(11-26-22(14)29)18-12-25-21(23)20(27-18)19-9-17(28-30-19)15-6-4-13(5-7-15)10-24-2/h4-7,9,12,14,16,24H,3,8,10-11H2,1-2H3,(H2,23,25)(H,26,29). The van der Waals surface area contributed by atoms with Gasteiger partial charge in [0.15, 0.2) is 17.3 Å². The zero-order valence-electron chi connectivity index (χ0n) is 17.2. The summed E-state index contributed by atoms with van der Waals surface area (Å²) in [6.07, 6.45) is 3.24. The van der Waals surface area contributed by atoms with Crippen LogP contribution in [0, 0.1) is 5.92 Å². The van der Waals surface area contributed by atoms with Crippen molar-refractivity contribution in [3.05, 3.63) is 47.8 Å². The highest BCUT2D eigenvalue weighted by atomic mass is 16.5. The van der Waals surface area contributed by atoms with E-state index in [1.54, 1.807) is 6.20 Å². The molecule has 0 radical (unpaired) electrons. The minimum Gasteiger partial charge on any atom is -0.382 e. The molecule has 2 aromatic heterocycles. The number of rotatable bonds is 6. The Hall–Kier alpha value is -3.26. The first-order chi connectivity index (χ1) is 14.6. The van der Waals surface area contributed by atoms with Gasteiger partial charge in [0, 0.05) is 36.6 Å². The molecule has 30 heavy (non-hydrogen) atoms. The van der Waals surface area contributed by atoms with Crippen molar-refractivity contribution < 1.29 is 9.32 Å². The molecule has 1 aliphatic heterocycles. The molecule has 2 atom stereocenters. The number of nitrogens with one attached hydrogen (secondary N) is 2. The van der Waals surface area contributed by atoms with Crippen molar-refractivity contribution in [2.75, 3.05) is 19.3 Å². The molecule has 3 aromatic rings. The Morgan fingerprint density at radius 2 is 2.10 bits per heavy atom. The second-order valence-corrected chi connectivity index (χ2v) is 7.62. The topological polar surface area (TPSA) is 119 Å². The van der Waals surface area contributed by atoms with Gasteiger partial charge in [-0.3, -0.25) is 4.79 Å². The van der Waals surface area contributed by atoms with Gasteiger partial charge in [-0.15, -0.1) is 0 Å². The van der Waals surface area contributed by atoms with Crippen LogP contribution in [0.4, 0.5) is 5.82 Å². The third-order valence-electron chi connectivity index (χ3n) is 5.57. The Labute approximate surface area is 175 Å². The number of amides is 1. The molecule has 4 N–H and O–H groups in total. The summed E-state index contributed by atoms with van der Waals surface area (Å²) in [5.41, 5.74) is 10.2. The number of hydrogen-bond acceptors (Lipinski definition) is 7. The number of piperidine rings is 1. The van der Waals surface area contributed by atoms with Gasteiger partial charge in [0.2, 0.25) is 5.91 Å². The van der Waals surface area contributed by atoms with Gasteiger partial charge in [-0.1, -0.05) is 36.3 Å². The van der Waals surface area contributed by atoms with Gasteiger partial charge in [-0.05, 0) is 25.5 Å². The first kappa shape index (κ1) is 20.0. The maximum Gasteiger partial charge on any atom is 0.223 e. The monoisotopic (exact) mass is 406 g/mol. The molecule has 8 nitrogen and oxygen atoms in total. The quantitative estimate of drug-likeness (QED) is 0.576. The van der Waals surface area contributed by atoms with E-state index in [0.29, 0.717) is 23.7 Å². The van der Waals surface area contributed by atoms with E-state index in [0.717, 1.165) is 30.6 Å². The summed E-state index contributed by atoms with van der Waals surface area (Å²) in [6, 6.07) is 9.95. The summed E-state index contributed by atoms with van der Waals surface area (Å²) in [7, 11) is 1.92. The van der Waals surface area contributed by atoms with E-state index in [-0.39, 0.29) is 23.6 Å². The second-order valence-electron chi connectivity index (χ2n) is 7.62. The number of nitrogens with two attached hydrogens (primary N) is 1. The Kier molecular flexibility index (Phi) is 5.76. The Bertz CT molecular complexity index is 1030. The van der Waals surface area contributed by atoms with E-state index < -0.39 is 0 Å². The van der Waals surface area contributed by atoms with Gasteiger partial charge < -0.3 is 20.9 Å². The summed E-state index contributed by atoms with van der Waals surface area (Å²) in [5, 5.41) is 10.3. The Morgan fingerprint density at radius 3 is 2.83 bits per heavy atom. The van der Waals surface area contributed by atoms with Crippen LogP contribution in [0.2, 0.25) is 0 Å². The fraction of sp³-hybridized carbons (Fsp3) is 0.364. The van der Waals surface area contributed by atoms with Crippen LogP contribution in [-0.2, 0) is 11.3 Å². The molecule has 1 aromatic carbocycles. The minimum absolute atomic E-state index is 0.00526. The lowest BCUT2D eigenvalue weighted by Crippen LogP contribution is -2.40. The van der Waals surface area contributed by atoms with Crippen LogP contribution in [-0.4, -0.2) is 34.6 Å². The molecule has 8 heteroatoms. The SMILES string of the molecule is CCC1CC(c2cnc(N)c(-c3cc(-c4ccc(CNC)cc4)no3)n2)CNC1=O. The molecule has 0 bridgehead atoms. The van der Waals surface area contributed by atoms with E-state index in [1.807, 2.05) is 32.2 Å². The van der Waals surface area contributed by atoms with Crippen molar-refractivity contribution in [3.63, 3.8) is 0 Å². The van der Waals surface area contributed by atoms with Crippen LogP contribution in [0.3, 0.4) is 0 Å². The lowest BCUT2D eigenvalue weighted by Gasteiger charge is -2.28. The van der Waals surface area contributed by atoms with Crippen LogP contribution in [0.1, 0.15) is 36.9 Å². The molecular weight excluding hydrogens is 380 g/mol. The molecule has 1 amide bonds. The first-order valence-corrected chi connectivity index (χ1v) is 10.2. The highest BCUT2D eigenvalue weighted by molar-refractivity contribution is 5.79. The summed E-state index contributed by atoms with van der Waals surface area (Å²) in [5.74, 6) is 0.967. The molecule has 0 spiro atoms. The molecule has 1 saturated heterocycles. The average molecular weight is 406 g/mol. The summed E-state index contributed by atoms with van der Waals surface area (Å²) >= 11 is 0. The normalized spacial score (nSPS) is 18.9. The van der Waals surface area contributed by atoms with Crippen molar-refractivity contribution in [2.45, 2.75) is 32.2 Å². The Balaban J connectivity index is 1.59. The van der Waals surface area contributed by atoms with Gasteiger partial charge in [0.1, 0.15) is 5.69 Å². The number of benzene rings is 1. The number of aromatic nitrogens is 3. The van der Waals surface area contributed by atoms with Crippen LogP contribution in [0.15, 0.2) is 41.1 Å². The molecule has 0 saturated carbocycles. The van der Waals surface area contributed by atoms with Crippen molar-refractivity contribution in [3.8, 4) is 22.7 Å². The van der Waals surface area contributed by atoms with Crippen molar-refractivity contribution in [1.82, 2.24) is 25.8 Å². The summed E-state index contributed by atoms with van der Waals surface area (Å²) in [4.78, 5) is 21.0. The van der Waals surface area contributed by atoms with Crippen molar-refractivity contribution >= 4 is 11.7 Å². The number of carbonyl (C=O) groups excluding carboxylic acids is 1. The maximum absolute atomic E-state index is 11.9. The van der Waals surface area contributed by atoms with Gasteiger partial charge in [0.25, 0.3) is 0 Å². The molecule has 4 rings (SSSR count). The van der Waals surface area contributed by atoms with Crippen LogP contribution in [0.5, 0.6) is 0 Å². The third kappa shape index (κ3) is 4.04. The Morgan fingerprint density at radius 1 is 1.30 bits per heavy atom. The fourth-order valence-electron chi connectivity index (χ4n) is 3.79. The molecule has 1 fully saturated rings. The smallest absolute Gasteiger partial charge is 0.223 e. The molecule has 0 aliphatic carbocycles. The highest BCUT2D eigenvalue weighted by Crippen LogP contribution is 2.32. The van der Waals surface area contributed by atoms with Crippen LogP contribution in [0.25, 0.3) is 22.7 Å². The largest absolute Gasteiger partial charge is 0.382 e. The number of nitrogen functional groups attached to an aromatic ring is 1. The molecular formula is C22H26N6O2. The zero-order valence-corrected chi connectivity index (χ0v) is 17.2. The predicted molar refractivity (Wildman–Crippen MR) is 114 cm³/mol. The summed E-state index contributed by atoms with van der Waals surface area (Å²) < 4.78 is 5.55. The zero-order chi connectivity index (χ0) is 21.1. The third-order valence-corrected chi connectivity index (χ3v) is 5.57. The number of carbonyl (C=O) groups is 1.